The van der Waals surface area contributed by atoms with Gasteiger partial charge in [0.15, 0.2) is 12.2 Å². The normalized spacial score (nSPS) is 21.1. The Kier molecular flexibility index (Phi) is 11.4. The van der Waals surface area contributed by atoms with Gasteiger partial charge in [0.1, 0.15) is 12.7 Å². The third-order valence-corrected chi connectivity index (χ3v) is 6.81. The zero-order chi connectivity index (χ0) is 32.6. The van der Waals surface area contributed by atoms with E-state index in [1.54, 1.807) is 54.6 Å². The first-order valence-corrected chi connectivity index (χ1v) is 14.5. The molecule has 0 spiro atoms. The van der Waals surface area contributed by atoms with Gasteiger partial charge in [0.05, 0.1) is 16.7 Å². The van der Waals surface area contributed by atoms with Crippen LogP contribution in [0.4, 0.5) is 0 Å². The van der Waals surface area contributed by atoms with Gasteiger partial charge < -0.3 is 28.4 Å². The summed E-state index contributed by atoms with van der Waals surface area (Å²) in [6.07, 6.45) is -8.13. The molecule has 1 N–H and O–H groups in total. The molecule has 1 aliphatic rings. The van der Waals surface area contributed by atoms with E-state index in [9.17, 15) is 19.2 Å². The van der Waals surface area contributed by atoms with Crippen LogP contribution in [0.1, 0.15) is 38.0 Å². The summed E-state index contributed by atoms with van der Waals surface area (Å²) in [4.78, 5) is 51.8. The van der Waals surface area contributed by atoms with Crippen LogP contribution < -0.4 is 0 Å². The number of hydrogen-bond acceptors (Lipinski definition) is 11. The average Bonchev–Trinajstić information content (AvgIpc) is 3.03. The van der Waals surface area contributed by atoms with Crippen LogP contribution in [0.3, 0.4) is 0 Å². The van der Waals surface area contributed by atoms with Crippen LogP contribution >= 0.6 is 34.8 Å². The van der Waals surface area contributed by atoms with Crippen molar-refractivity contribution >= 4 is 64.6 Å². The van der Waals surface area contributed by atoms with Gasteiger partial charge in [-0.25, -0.2) is 14.4 Å². The number of carbonyl (C=O) groups is 4. The van der Waals surface area contributed by atoms with Crippen LogP contribution in [0.5, 0.6) is 0 Å². The number of alkyl halides is 3. The SMILES string of the molecule is CC(=O)OC[C@H]1OC(OC(=N)C(Cl)(Cl)Cl)[C@H](OC(=O)c2ccccc2)[C@@H](OC(=O)c2ccccc2)[C@@H]1OC(=O)c1ccccc1. The average molecular weight is 679 g/mol. The maximum absolute atomic E-state index is 13.4. The molecule has 11 nitrogen and oxygen atoms in total. The number of esters is 4. The lowest BCUT2D eigenvalue weighted by molar-refractivity contribution is -0.280. The van der Waals surface area contributed by atoms with Crippen LogP contribution in [-0.4, -0.2) is 70.9 Å². The largest absolute Gasteiger partial charge is 0.463 e. The van der Waals surface area contributed by atoms with Gasteiger partial charge in [-0.3, -0.25) is 10.2 Å². The molecule has 3 aromatic rings. The molecule has 5 atom stereocenters. The van der Waals surface area contributed by atoms with Gasteiger partial charge >= 0.3 is 23.9 Å². The molecule has 0 radical (unpaired) electrons. The van der Waals surface area contributed by atoms with Gasteiger partial charge in [0.2, 0.25) is 18.3 Å². The van der Waals surface area contributed by atoms with Gasteiger partial charge in [-0.1, -0.05) is 89.4 Å². The maximum Gasteiger partial charge on any atom is 0.338 e. The highest BCUT2D eigenvalue weighted by Gasteiger charge is 2.55. The van der Waals surface area contributed by atoms with E-state index in [0.29, 0.717) is 0 Å². The van der Waals surface area contributed by atoms with Crippen molar-refractivity contribution < 1.29 is 47.6 Å². The molecule has 1 fully saturated rings. The van der Waals surface area contributed by atoms with Crippen LogP contribution in [0, 0.1) is 5.41 Å². The zero-order valence-corrected chi connectivity index (χ0v) is 25.7. The van der Waals surface area contributed by atoms with E-state index in [1.165, 1.54) is 36.4 Å². The Morgan fingerprint density at radius 2 is 1.07 bits per heavy atom. The lowest BCUT2D eigenvalue weighted by atomic mass is 9.97. The summed E-state index contributed by atoms with van der Waals surface area (Å²) in [6.45, 7) is 0.597. The number of halogens is 3. The first kappa shape index (κ1) is 33.7. The van der Waals surface area contributed by atoms with Gasteiger partial charge in [0, 0.05) is 6.92 Å². The van der Waals surface area contributed by atoms with Crippen molar-refractivity contribution in [1.82, 2.24) is 0 Å². The van der Waals surface area contributed by atoms with E-state index in [4.69, 9.17) is 68.6 Å². The summed E-state index contributed by atoms with van der Waals surface area (Å²) >= 11 is 17.6. The van der Waals surface area contributed by atoms with Crippen LogP contribution in [0.15, 0.2) is 91.0 Å². The predicted octanol–water partition coefficient (Wildman–Crippen LogP) is 5.32. The van der Waals surface area contributed by atoms with Crippen molar-refractivity contribution in [1.29, 1.82) is 5.41 Å². The number of ether oxygens (including phenoxy) is 6. The van der Waals surface area contributed by atoms with E-state index < -0.39 is 70.9 Å². The number of carbonyl (C=O) groups excluding carboxylic acids is 4. The van der Waals surface area contributed by atoms with Gasteiger partial charge in [-0.2, -0.15) is 0 Å². The van der Waals surface area contributed by atoms with E-state index in [0.717, 1.165) is 6.92 Å². The van der Waals surface area contributed by atoms with Crippen LogP contribution in [0.25, 0.3) is 0 Å². The summed E-state index contributed by atoms with van der Waals surface area (Å²) in [5.74, 6) is -4.32. The molecule has 1 unspecified atom stereocenters. The summed E-state index contributed by atoms with van der Waals surface area (Å²) in [5, 5.41) is 8.15. The van der Waals surface area contributed by atoms with Crippen LogP contribution in [0.2, 0.25) is 0 Å². The van der Waals surface area contributed by atoms with Gasteiger partial charge in [-0.05, 0) is 36.4 Å². The molecule has 45 heavy (non-hydrogen) atoms. The lowest BCUT2D eigenvalue weighted by Crippen LogP contribution is -2.63. The second kappa shape index (κ2) is 15.2. The summed E-state index contributed by atoms with van der Waals surface area (Å²) in [6, 6.07) is 23.5. The third kappa shape index (κ3) is 9.18. The minimum Gasteiger partial charge on any atom is -0.463 e. The quantitative estimate of drug-likeness (QED) is 0.104. The van der Waals surface area contributed by atoms with E-state index in [-0.39, 0.29) is 16.7 Å². The molecule has 0 bridgehead atoms. The molecule has 0 aliphatic carbocycles. The van der Waals surface area contributed by atoms with Crippen molar-refractivity contribution in [2.45, 2.75) is 41.4 Å². The fourth-order valence-electron chi connectivity index (χ4n) is 4.19. The molecule has 0 saturated carbocycles. The van der Waals surface area contributed by atoms with Crippen LogP contribution in [-0.2, 0) is 33.2 Å². The highest BCUT2D eigenvalue weighted by atomic mass is 35.6. The lowest BCUT2D eigenvalue weighted by Gasteiger charge is -2.44. The summed E-state index contributed by atoms with van der Waals surface area (Å²) in [5.41, 5.74) is 0.333. The molecule has 3 aromatic carbocycles. The monoisotopic (exact) mass is 677 g/mol. The molecule has 1 aliphatic heterocycles. The predicted molar refractivity (Wildman–Crippen MR) is 161 cm³/mol. The standard InChI is InChI=1S/C31H26Cl3NO10/c1-18(36)40-17-22-23(42-26(37)19-11-5-2-6-12-19)24(43-27(38)20-13-7-3-8-14-20)25(29(41-22)45-30(35)31(32,33)34)44-28(39)21-15-9-4-10-16-21/h2-16,22-25,29,35H,17H2,1H3/t22-,23-,24+,25-,29?/m1/s1. The second-order valence-electron chi connectivity index (χ2n) is 9.50. The molecule has 236 valence electrons. The molecule has 0 aromatic heterocycles. The number of nitrogens with one attached hydrogen (secondary N) is 1. The Bertz CT molecular complexity index is 1500. The highest BCUT2D eigenvalue weighted by molar-refractivity contribution is 6.76. The minimum absolute atomic E-state index is 0.0979. The Balaban J connectivity index is 1.80. The van der Waals surface area contributed by atoms with Gasteiger partial charge in [0.25, 0.3) is 3.79 Å². The fraction of sp³-hybridized carbons (Fsp3) is 0.258. The number of hydrogen-bond donors (Lipinski definition) is 1. The van der Waals surface area contributed by atoms with E-state index in [1.807, 2.05) is 0 Å². The van der Waals surface area contributed by atoms with Crippen molar-refractivity contribution in [3.05, 3.63) is 108 Å². The summed E-state index contributed by atoms with van der Waals surface area (Å²) < 4.78 is 31.6. The number of rotatable bonds is 9. The van der Waals surface area contributed by atoms with E-state index in [2.05, 4.69) is 0 Å². The van der Waals surface area contributed by atoms with Crippen molar-refractivity contribution in [2.24, 2.45) is 0 Å². The number of benzene rings is 3. The highest BCUT2D eigenvalue weighted by Crippen LogP contribution is 2.34. The first-order valence-electron chi connectivity index (χ1n) is 13.3. The molecule has 14 heteroatoms. The van der Waals surface area contributed by atoms with E-state index >= 15 is 0 Å². The molecular formula is C31H26Cl3NO10. The smallest absolute Gasteiger partial charge is 0.338 e. The zero-order valence-electron chi connectivity index (χ0n) is 23.5. The molecule has 4 rings (SSSR count). The first-order chi connectivity index (χ1) is 21.4. The van der Waals surface area contributed by atoms with Crippen molar-refractivity contribution in [3.63, 3.8) is 0 Å². The Labute approximate surface area is 272 Å². The maximum atomic E-state index is 13.4. The minimum atomic E-state index is -2.38. The second-order valence-corrected chi connectivity index (χ2v) is 11.8. The fourth-order valence-corrected chi connectivity index (χ4v) is 4.32. The Hall–Kier alpha value is -4.16. The summed E-state index contributed by atoms with van der Waals surface area (Å²) in [7, 11) is 0. The Morgan fingerprint density at radius 1 is 0.667 bits per heavy atom. The Morgan fingerprint density at radius 3 is 1.47 bits per heavy atom. The molecule has 1 saturated heterocycles. The topological polar surface area (TPSA) is 148 Å². The van der Waals surface area contributed by atoms with Crippen molar-refractivity contribution in [2.75, 3.05) is 6.61 Å². The molecule has 0 amide bonds. The third-order valence-electron chi connectivity index (χ3n) is 6.29. The molecular weight excluding hydrogens is 653 g/mol. The van der Waals surface area contributed by atoms with Gasteiger partial charge in [-0.15, -0.1) is 0 Å². The van der Waals surface area contributed by atoms with Crippen molar-refractivity contribution in [3.8, 4) is 0 Å². The molecule has 1 heterocycles.